The van der Waals surface area contributed by atoms with Crippen molar-refractivity contribution in [2.24, 2.45) is 0 Å². The van der Waals surface area contributed by atoms with Crippen LogP contribution in [0.5, 0.6) is 11.5 Å². The number of aliphatic hydroxyl groups excluding tert-OH is 1. The summed E-state index contributed by atoms with van der Waals surface area (Å²) in [7, 11) is 1.52. The number of benzene rings is 2. The van der Waals surface area contributed by atoms with Gasteiger partial charge in [0.25, 0.3) is 0 Å². The summed E-state index contributed by atoms with van der Waals surface area (Å²) in [6, 6.07) is 9.42. The predicted molar refractivity (Wildman–Crippen MR) is 103 cm³/mol. The Morgan fingerprint density at radius 1 is 1.19 bits per heavy atom. The first-order valence-corrected chi connectivity index (χ1v) is 8.64. The van der Waals surface area contributed by atoms with Crippen molar-refractivity contribution in [3.63, 3.8) is 0 Å². The van der Waals surface area contributed by atoms with E-state index in [1.807, 2.05) is 13.0 Å². The van der Waals surface area contributed by atoms with E-state index in [0.29, 0.717) is 27.2 Å². The average Bonchev–Trinajstić information content (AvgIpc) is 2.62. The zero-order chi connectivity index (χ0) is 19.1. The van der Waals surface area contributed by atoms with Gasteiger partial charge in [0.2, 0.25) is 0 Å². The first kappa shape index (κ1) is 20.2. The minimum Gasteiger partial charge on any atom is -0.493 e. The Balaban J connectivity index is 2.05. The molecule has 0 heterocycles. The molecule has 0 radical (unpaired) electrons. The Morgan fingerprint density at radius 2 is 1.96 bits per heavy atom. The SMILES string of the molecule is COc1cc(C(C)NC(=O)Nc2cc(Cl)ccc2Cl)ccc1OCCO. The summed E-state index contributed by atoms with van der Waals surface area (Å²) in [5.41, 5.74) is 1.25. The Kier molecular flexibility index (Phi) is 7.38. The van der Waals surface area contributed by atoms with Gasteiger partial charge in [-0.2, -0.15) is 0 Å². The molecule has 0 aliphatic carbocycles. The van der Waals surface area contributed by atoms with Crippen molar-refractivity contribution < 1.29 is 19.4 Å². The normalized spacial score (nSPS) is 11.6. The molecule has 2 aromatic rings. The lowest BCUT2D eigenvalue weighted by molar-refractivity contribution is 0.196. The molecule has 0 fully saturated rings. The quantitative estimate of drug-likeness (QED) is 0.650. The Hall–Kier alpha value is -2.15. The number of rotatable bonds is 7. The van der Waals surface area contributed by atoms with Crippen molar-refractivity contribution >= 4 is 34.9 Å². The van der Waals surface area contributed by atoms with E-state index in [4.69, 9.17) is 37.8 Å². The number of urea groups is 1. The van der Waals surface area contributed by atoms with E-state index < -0.39 is 6.03 Å². The average molecular weight is 399 g/mol. The highest BCUT2D eigenvalue weighted by molar-refractivity contribution is 6.35. The Labute approximate surface area is 162 Å². The van der Waals surface area contributed by atoms with Crippen molar-refractivity contribution in [3.8, 4) is 11.5 Å². The molecule has 1 atom stereocenters. The van der Waals surface area contributed by atoms with Gasteiger partial charge in [0.1, 0.15) is 6.61 Å². The number of hydrogen-bond donors (Lipinski definition) is 3. The fraction of sp³-hybridized carbons (Fsp3) is 0.278. The highest BCUT2D eigenvalue weighted by Crippen LogP contribution is 2.30. The lowest BCUT2D eigenvalue weighted by Crippen LogP contribution is -2.31. The number of halogens is 2. The summed E-state index contributed by atoms with van der Waals surface area (Å²) in [4.78, 5) is 12.2. The smallest absolute Gasteiger partial charge is 0.319 e. The second-order valence-corrected chi connectivity index (χ2v) is 6.27. The van der Waals surface area contributed by atoms with Crippen molar-refractivity contribution in [3.05, 3.63) is 52.0 Å². The van der Waals surface area contributed by atoms with Crippen LogP contribution in [0, 0.1) is 0 Å². The van der Waals surface area contributed by atoms with Crippen LogP contribution < -0.4 is 20.1 Å². The first-order valence-electron chi connectivity index (χ1n) is 7.88. The van der Waals surface area contributed by atoms with Crippen LogP contribution in [0.2, 0.25) is 10.0 Å². The third-order valence-corrected chi connectivity index (χ3v) is 4.13. The minimum absolute atomic E-state index is 0.0882. The van der Waals surface area contributed by atoms with Gasteiger partial charge in [-0.3, -0.25) is 0 Å². The molecule has 8 heteroatoms. The monoisotopic (exact) mass is 398 g/mol. The molecule has 140 valence electrons. The Bertz CT molecular complexity index is 771. The number of amides is 2. The number of methoxy groups -OCH3 is 1. The number of nitrogens with one attached hydrogen (secondary N) is 2. The number of hydrogen-bond acceptors (Lipinski definition) is 4. The van der Waals surface area contributed by atoms with Crippen LogP contribution in [0.4, 0.5) is 10.5 Å². The van der Waals surface area contributed by atoms with E-state index in [1.54, 1.807) is 30.3 Å². The third kappa shape index (κ3) is 5.42. The lowest BCUT2D eigenvalue weighted by Gasteiger charge is -2.18. The molecular weight excluding hydrogens is 379 g/mol. The number of carbonyl (C=O) groups excluding carboxylic acids is 1. The van der Waals surface area contributed by atoms with Gasteiger partial charge in [-0.05, 0) is 42.8 Å². The van der Waals surface area contributed by atoms with E-state index in [0.717, 1.165) is 5.56 Å². The van der Waals surface area contributed by atoms with Crippen LogP contribution in [0.3, 0.4) is 0 Å². The van der Waals surface area contributed by atoms with E-state index in [9.17, 15) is 4.79 Å². The molecule has 0 aromatic heterocycles. The van der Waals surface area contributed by atoms with Gasteiger partial charge in [-0.25, -0.2) is 4.79 Å². The zero-order valence-electron chi connectivity index (χ0n) is 14.4. The minimum atomic E-state index is -0.416. The summed E-state index contributed by atoms with van der Waals surface area (Å²) < 4.78 is 10.7. The molecule has 2 amide bonds. The number of carbonyl (C=O) groups is 1. The number of ether oxygens (including phenoxy) is 2. The summed E-state index contributed by atoms with van der Waals surface area (Å²) >= 11 is 12.0. The summed E-state index contributed by atoms with van der Waals surface area (Å²) in [6.45, 7) is 1.92. The molecule has 0 spiro atoms. The van der Waals surface area contributed by atoms with E-state index in [1.165, 1.54) is 7.11 Å². The van der Waals surface area contributed by atoms with Crippen LogP contribution in [0.1, 0.15) is 18.5 Å². The standard InChI is InChI=1S/C18H20Cl2N2O4/c1-11(12-3-6-16(26-8-7-23)17(9-12)25-2)21-18(24)22-15-10-13(19)4-5-14(15)20/h3-6,9-11,23H,7-8H2,1-2H3,(H2,21,22,24). The molecule has 1 unspecified atom stereocenters. The number of anilines is 1. The van der Waals surface area contributed by atoms with E-state index in [-0.39, 0.29) is 19.3 Å². The van der Waals surface area contributed by atoms with Gasteiger partial charge in [-0.1, -0.05) is 29.3 Å². The largest absolute Gasteiger partial charge is 0.493 e. The molecule has 6 nitrogen and oxygen atoms in total. The van der Waals surface area contributed by atoms with Gasteiger partial charge < -0.3 is 25.2 Å². The molecule has 26 heavy (non-hydrogen) atoms. The maximum Gasteiger partial charge on any atom is 0.319 e. The Morgan fingerprint density at radius 3 is 2.65 bits per heavy atom. The van der Waals surface area contributed by atoms with Gasteiger partial charge in [0, 0.05) is 5.02 Å². The lowest BCUT2D eigenvalue weighted by atomic mass is 10.1. The molecule has 0 aliphatic heterocycles. The van der Waals surface area contributed by atoms with Gasteiger partial charge in [0.05, 0.1) is 30.5 Å². The van der Waals surface area contributed by atoms with Crippen molar-refractivity contribution in [1.82, 2.24) is 5.32 Å². The van der Waals surface area contributed by atoms with Crippen LogP contribution in [0.25, 0.3) is 0 Å². The van der Waals surface area contributed by atoms with Crippen LogP contribution in [0.15, 0.2) is 36.4 Å². The summed E-state index contributed by atoms with van der Waals surface area (Å²) in [5.74, 6) is 1.04. The molecule has 0 saturated carbocycles. The second kappa shape index (κ2) is 9.52. The summed E-state index contributed by atoms with van der Waals surface area (Å²) in [6.07, 6.45) is 0. The molecule has 3 N–H and O–H groups in total. The fourth-order valence-electron chi connectivity index (χ4n) is 2.26. The zero-order valence-corrected chi connectivity index (χ0v) is 15.9. The molecule has 0 bridgehead atoms. The van der Waals surface area contributed by atoms with Gasteiger partial charge in [-0.15, -0.1) is 0 Å². The van der Waals surface area contributed by atoms with Crippen molar-refractivity contribution in [2.45, 2.75) is 13.0 Å². The van der Waals surface area contributed by atoms with E-state index in [2.05, 4.69) is 10.6 Å². The summed E-state index contributed by atoms with van der Waals surface area (Å²) in [5, 5.41) is 15.2. The molecular formula is C18H20Cl2N2O4. The fourth-order valence-corrected chi connectivity index (χ4v) is 2.60. The maximum atomic E-state index is 12.2. The molecule has 0 saturated heterocycles. The molecule has 2 rings (SSSR count). The third-order valence-electron chi connectivity index (χ3n) is 3.56. The highest BCUT2D eigenvalue weighted by Gasteiger charge is 2.14. The van der Waals surface area contributed by atoms with Crippen LogP contribution in [-0.4, -0.2) is 31.5 Å². The van der Waals surface area contributed by atoms with Gasteiger partial charge in [0.15, 0.2) is 11.5 Å². The predicted octanol–water partition coefficient (Wildman–Crippen LogP) is 4.26. The topological polar surface area (TPSA) is 79.8 Å². The van der Waals surface area contributed by atoms with Gasteiger partial charge >= 0.3 is 6.03 Å². The first-order chi connectivity index (χ1) is 12.4. The van der Waals surface area contributed by atoms with E-state index >= 15 is 0 Å². The second-order valence-electron chi connectivity index (χ2n) is 5.43. The maximum absolute atomic E-state index is 12.2. The van der Waals surface area contributed by atoms with Crippen molar-refractivity contribution in [2.75, 3.05) is 25.6 Å². The highest BCUT2D eigenvalue weighted by atomic mass is 35.5. The van der Waals surface area contributed by atoms with Crippen LogP contribution >= 0.6 is 23.2 Å². The number of aliphatic hydroxyl groups is 1. The molecule has 2 aromatic carbocycles. The molecule has 0 aliphatic rings. The van der Waals surface area contributed by atoms with Crippen molar-refractivity contribution in [1.29, 1.82) is 0 Å². The van der Waals surface area contributed by atoms with Crippen LogP contribution in [-0.2, 0) is 0 Å².